The van der Waals surface area contributed by atoms with E-state index in [-0.39, 0.29) is 11.4 Å². The van der Waals surface area contributed by atoms with Crippen molar-refractivity contribution in [2.45, 2.75) is 20.0 Å². The van der Waals surface area contributed by atoms with Crippen molar-refractivity contribution < 1.29 is 23.6 Å². The first-order valence-corrected chi connectivity index (χ1v) is 10.2. The number of nitrogens with zero attached hydrogens (tertiary/aromatic N) is 2. The number of carbonyl (C=O) groups is 2. The van der Waals surface area contributed by atoms with Gasteiger partial charge in [-0.15, -0.1) is 0 Å². The number of benzene rings is 3. The minimum atomic E-state index is -1.04. The van der Waals surface area contributed by atoms with E-state index < -0.39 is 28.7 Å². The molecule has 0 spiro atoms. The fourth-order valence-electron chi connectivity index (χ4n) is 2.87. The monoisotopic (exact) mass is 464 g/mol. The second-order valence-corrected chi connectivity index (χ2v) is 7.20. The molecule has 0 heterocycles. The highest BCUT2D eigenvalue weighted by molar-refractivity contribution is 6.05. The van der Waals surface area contributed by atoms with Gasteiger partial charge in [-0.3, -0.25) is 19.7 Å². The summed E-state index contributed by atoms with van der Waals surface area (Å²) in [6, 6.07) is 17.7. The number of hydrogen-bond donors (Lipinski definition) is 2. The van der Waals surface area contributed by atoms with Gasteiger partial charge < -0.3 is 10.1 Å². The average Bonchev–Trinajstić information content (AvgIpc) is 2.83. The predicted molar refractivity (Wildman–Crippen MR) is 124 cm³/mol. The normalized spacial score (nSPS) is 11.9. The number of anilines is 1. The molecule has 3 rings (SSSR count). The van der Waals surface area contributed by atoms with Crippen molar-refractivity contribution in [2.75, 3.05) is 5.32 Å². The Bertz CT molecular complexity index is 1240. The van der Waals surface area contributed by atoms with Crippen LogP contribution in [0.1, 0.15) is 29.8 Å². The number of nitrogens with one attached hydrogen (secondary N) is 2. The summed E-state index contributed by atoms with van der Waals surface area (Å²) in [6.07, 6.45) is -1.04. The number of ether oxygens (including phenoxy) is 1. The van der Waals surface area contributed by atoms with Gasteiger partial charge in [0.15, 0.2) is 11.9 Å². The van der Waals surface area contributed by atoms with E-state index in [2.05, 4.69) is 15.8 Å². The lowest BCUT2D eigenvalue weighted by Crippen LogP contribution is -2.34. The van der Waals surface area contributed by atoms with E-state index in [0.29, 0.717) is 22.5 Å². The molecule has 9 nitrogen and oxygen atoms in total. The third kappa shape index (κ3) is 6.22. The second kappa shape index (κ2) is 10.8. The molecule has 0 bridgehead atoms. The van der Waals surface area contributed by atoms with Crippen molar-refractivity contribution in [2.24, 2.45) is 5.10 Å². The molecule has 0 unspecified atom stereocenters. The zero-order valence-electron chi connectivity index (χ0n) is 18.3. The summed E-state index contributed by atoms with van der Waals surface area (Å²) in [5, 5.41) is 17.9. The summed E-state index contributed by atoms with van der Waals surface area (Å²) in [5.41, 5.74) is 3.99. The standard InChI is InChI=1S/C24H21FN4O5/c1-15(27-28-23(30)16(2)34-22-9-4-3-8-21(22)29(32)33)18-6-5-7-20(14-18)26-24(31)17-10-12-19(25)13-11-17/h3-14,16H,1-2H3,(H,26,31)(H,28,30)/b27-15-/t16-/m0/s1. The number of amides is 2. The van der Waals surface area contributed by atoms with Crippen LogP contribution in [0.4, 0.5) is 15.8 Å². The van der Waals surface area contributed by atoms with E-state index >= 15 is 0 Å². The molecule has 0 saturated carbocycles. The molecule has 0 fully saturated rings. The molecule has 34 heavy (non-hydrogen) atoms. The van der Waals surface area contributed by atoms with Crippen molar-refractivity contribution in [3.05, 3.63) is 99.9 Å². The van der Waals surface area contributed by atoms with E-state index in [9.17, 15) is 24.1 Å². The highest BCUT2D eigenvalue weighted by Gasteiger charge is 2.20. The number of nitro benzene ring substituents is 1. The molecule has 0 saturated heterocycles. The Morgan fingerprint density at radius 1 is 1.03 bits per heavy atom. The van der Waals surface area contributed by atoms with Gasteiger partial charge >= 0.3 is 5.69 Å². The second-order valence-electron chi connectivity index (χ2n) is 7.20. The van der Waals surface area contributed by atoms with Gasteiger partial charge in [0.2, 0.25) is 0 Å². The summed E-state index contributed by atoms with van der Waals surface area (Å²) in [5.74, 6) is -1.46. The summed E-state index contributed by atoms with van der Waals surface area (Å²) >= 11 is 0. The smallest absolute Gasteiger partial charge is 0.310 e. The van der Waals surface area contributed by atoms with Crippen LogP contribution < -0.4 is 15.5 Å². The maximum absolute atomic E-state index is 13.0. The molecule has 0 radical (unpaired) electrons. The van der Waals surface area contributed by atoms with Crippen molar-refractivity contribution in [3.8, 4) is 5.75 Å². The topological polar surface area (TPSA) is 123 Å². The van der Waals surface area contributed by atoms with E-state index in [4.69, 9.17) is 4.74 Å². The number of hydrazone groups is 1. The largest absolute Gasteiger partial charge is 0.474 e. The molecule has 2 amide bonds. The van der Waals surface area contributed by atoms with Crippen molar-refractivity contribution in [1.29, 1.82) is 0 Å². The van der Waals surface area contributed by atoms with Crippen molar-refractivity contribution >= 4 is 28.9 Å². The fourth-order valence-corrected chi connectivity index (χ4v) is 2.87. The lowest BCUT2D eigenvalue weighted by atomic mass is 10.1. The number of hydrogen-bond acceptors (Lipinski definition) is 6. The number of nitro groups is 1. The van der Waals surface area contributed by atoms with Gasteiger partial charge in [-0.1, -0.05) is 24.3 Å². The first-order valence-electron chi connectivity index (χ1n) is 10.2. The summed E-state index contributed by atoms with van der Waals surface area (Å²) in [7, 11) is 0. The van der Waals surface area contributed by atoms with Crippen LogP contribution in [-0.4, -0.2) is 28.6 Å². The Hall–Kier alpha value is -4.60. The molecule has 0 aliphatic heterocycles. The molecule has 0 aliphatic carbocycles. The zero-order chi connectivity index (χ0) is 24.7. The maximum atomic E-state index is 13.0. The van der Waals surface area contributed by atoms with Crippen LogP contribution in [0, 0.1) is 15.9 Å². The average molecular weight is 464 g/mol. The molecular formula is C24H21FN4O5. The lowest BCUT2D eigenvalue weighted by molar-refractivity contribution is -0.386. The molecule has 2 N–H and O–H groups in total. The fraction of sp³-hybridized carbons (Fsp3) is 0.125. The van der Waals surface area contributed by atoms with Crippen LogP contribution >= 0.6 is 0 Å². The quantitative estimate of drug-likeness (QED) is 0.292. The van der Waals surface area contributed by atoms with Crippen molar-refractivity contribution in [1.82, 2.24) is 5.43 Å². The zero-order valence-corrected chi connectivity index (χ0v) is 18.3. The number of rotatable bonds is 8. The van der Waals surface area contributed by atoms with Gasteiger partial charge in [-0.05, 0) is 61.9 Å². The van der Waals surface area contributed by atoms with Crippen LogP contribution in [0.25, 0.3) is 0 Å². The molecule has 3 aromatic rings. The molecule has 1 atom stereocenters. The van der Waals surface area contributed by atoms with E-state index in [1.54, 1.807) is 37.3 Å². The summed E-state index contributed by atoms with van der Waals surface area (Å²) < 4.78 is 18.5. The highest BCUT2D eigenvalue weighted by atomic mass is 19.1. The van der Waals surface area contributed by atoms with Crippen LogP contribution in [-0.2, 0) is 4.79 Å². The van der Waals surface area contributed by atoms with Gasteiger partial charge in [0, 0.05) is 17.3 Å². The number of halogens is 1. The number of carbonyl (C=O) groups excluding carboxylic acids is 2. The molecular weight excluding hydrogens is 443 g/mol. The van der Waals surface area contributed by atoms with Crippen molar-refractivity contribution in [3.63, 3.8) is 0 Å². The van der Waals surface area contributed by atoms with Crippen LogP contribution in [0.15, 0.2) is 77.9 Å². The summed E-state index contributed by atoms with van der Waals surface area (Å²) in [4.78, 5) is 35.2. The van der Waals surface area contributed by atoms with Gasteiger partial charge in [0.05, 0.1) is 10.6 Å². The Morgan fingerprint density at radius 3 is 2.44 bits per heavy atom. The predicted octanol–water partition coefficient (Wildman–Crippen LogP) is 4.29. The third-order valence-corrected chi connectivity index (χ3v) is 4.71. The van der Waals surface area contributed by atoms with E-state index in [0.717, 1.165) is 0 Å². The van der Waals surface area contributed by atoms with Crippen LogP contribution in [0.5, 0.6) is 5.75 Å². The van der Waals surface area contributed by atoms with Crippen LogP contribution in [0.3, 0.4) is 0 Å². The third-order valence-electron chi connectivity index (χ3n) is 4.71. The molecule has 10 heteroatoms. The van der Waals surface area contributed by atoms with Gasteiger partial charge in [-0.2, -0.15) is 5.10 Å². The highest BCUT2D eigenvalue weighted by Crippen LogP contribution is 2.26. The Morgan fingerprint density at radius 2 is 1.74 bits per heavy atom. The first kappa shape index (κ1) is 24.1. The molecule has 0 aliphatic rings. The minimum Gasteiger partial charge on any atom is -0.474 e. The number of para-hydroxylation sites is 2. The molecule has 174 valence electrons. The Labute approximate surface area is 194 Å². The van der Waals surface area contributed by atoms with E-state index in [1.165, 1.54) is 49.4 Å². The van der Waals surface area contributed by atoms with E-state index in [1.807, 2.05) is 0 Å². The lowest BCUT2D eigenvalue weighted by Gasteiger charge is -2.13. The maximum Gasteiger partial charge on any atom is 0.310 e. The minimum absolute atomic E-state index is 0.0274. The van der Waals surface area contributed by atoms with Gasteiger partial charge in [0.25, 0.3) is 11.8 Å². The molecule has 3 aromatic carbocycles. The SMILES string of the molecule is C/C(=N/NC(=O)[C@H](C)Oc1ccccc1[N+](=O)[O-])c1cccc(NC(=O)c2ccc(F)cc2)c1. The van der Waals surface area contributed by atoms with Crippen LogP contribution in [0.2, 0.25) is 0 Å². The summed E-state index contributed by atoms with van der Waals surface area (Å²) in [6.45, 7) is 3.11. The molecule has 0 aromatic heterocycles. The first-order chi connectivity index (χ1) is 16.2. The Kier molecular flexibility index (Phi) is 7.65. The Balaban J connectivity index is 1.63. The van der Waals surface area contributed by atoms with Gasteiger partial charge in [-0.25, -0.2) is 9.82 Å². The van der Waals surface area contributed by atoms with Gasteiger partial charge in [0.1, 0.15) is 5.82 Å².